The van der Waals surface area contributed by atoms with Crippen molar-refractivity contribution in [3.8, 4) is 0 Å². The Morgan fingerprint density at radius 1 is 1.26 bits per heavy atom. The first kappa shape index (κ1) is 13.4. The second-order valence-corrected chi connectivity index (χ2v) is 4.39. The van der Waals surface area contributed by atoms with Crippen LogP contribution in [0, 0.1) is 0 Å². The number of carboxylic acid groups (broad SMARTS) is 1. The van der Waals surface area contributed by atoms with Crippen LogP contribution in [-0.2, 0) is 0 Å². The molecule has 0 fully saturated rings. The first-order valence-electron chi connectivity index (χ1n) is 5.02. The number of aromatic amines is 1. The Kier molecular flexibility index (Phi) is 3.73. The summed E-state index contributed by atoms with van der Waals surface area (Å²) in [6.45, 7) is 0. The van der Waals surface area contributed by atoms with Crippen molar-refractivity contribution in [1.29, 1.82) is 0 Å². The van der Waals surface area contributed by atoms with Crippen LogP contribution in [0.5, 0.6) is 0 Å². The normalized spacial score (nSPS) is 10.2. The van der Waals surface area contributed by atoms with Crippen LogP contribution in [0.2, 0.25) is 10.0 Å². The van der Waals surface area contributed by atoms with Gasteiger partial charge in [0.2, 0.25) is 0 Å². The summed E-state index contributed by atoms with van der Waals surface area (Å²) >= 11 is 11.6. The number of anilines is 1. The molecule has 2 aromatic rings. The maximum Gasteiger partial charge on any atom is 0.353 e. The zero-order valence-corrected chi connectivity index (χ0v) is 10.8. The van der Waals surface area contributed by atoms with Gasteiger partial charge in [-0.15, -0.1) is 0 Å². The van der Waals surface area contributed by atoms with Crippen molar-refractivity contribution in [1.82, 2.24) is 10.2 Å². The monoisotopic (exact) mass is 299 g/mol. The predicted octanol–water partition coefficient (Wildman–Crippen LogP) is 2.67. The van der Waals surface area contributed by atoms with Gasteiger partial charge in [0, 0.05) is 11.1 Å². The summed E-state index contributed by atoms with van der Waals surface area (Å²) < 4.78 is 0. The van der Waals surface area contributed by atoms with Crippen LogP contribution >= 0.6 is 23.2 Å². The molecule has 19 heavy (non-hydrogen) atoms. The maximum atomic E-state index is 11.9. The number of aromatic nitrogens is 2. The highest BCUT2D eigenvalue weighted by Gasteiger charge is 2.14. The molecule has 1 amide bonds. The fraction of sp³-hybridized carbons (Fsp3) is 0. The lowest BCUT2D eigenvalue weighted by molar-refractivity contribution is 0.0690. The number of hydrogen-bond donors (Lipinski definition) is 3. The summed E-state index contributed by atoms with van der Waals surface area (Å²) in [6.07, 6.45) is 0. The smallest absolute Gasteiger partial charge is 0.353 e. The van der Waals surface area contributed by atoms with Crippen LogP contribution in [-0.4, -0.2) is 27.2 Å². The van der Waals surface area contributed by atoms with Gasteiger partial charge in [0.1, 0.15) is 5.69 Å². The van der Waals surface area contributed by atoms with Crippen LogP contribution < -0.4 is 5.32 Å². The number of carbonyl (C=O) groups is 2. The highest BCUT2D eigenvalue weighted by molar-refractivity contribution is 6.37. The lowest BCUT2D eigenvalue weighted by Gasteiger charge is -2.04. The third-order valence-corrected chi connectivity index (χ3v) is 2.77. The van der Waals surface area contributed by atoms with Gasteiger partial charge >= 0.3 is 5.97 Å². The summed E-state index contributed by atoms with van der Waals surface area (Å²) in [5.74, 6) is -1.59. The van der Waals surface area contributed by atoms with Gasteiger partial charge in [-0.2, -0.15) is 5.10 Å². The predicted molar refractivity (Wildman–Crippen MR) is 70.0 cm³/mol. The number of nitrogens with one attached hydrogen (secondary N) is 2. The standard InChI is InChI=1S/C11H7Cl2N3O3/c12-5-1-2-6(7(13)3-5)10(17)14-9-4-8(11(18)19)15-16-9/h1-4H,(H,18,19)(H2,14,15,16,17). The third-order valence-electron chi connectivity index (χ3n) is 2.23. The quantitative estimate of drug-likeness (QED) is 0.812. The van der Waals surface area contributed by atoms with Gasteiger partial charge in [-0.05, 0) is 18.2 Å². The van der Waals surface area contributed by atoms with Crippen molar-refractivity contribution in [2.75, 3.05) is 5.32 Å². The number of nitrogens with zero attached hydrogens (tertiary/aromatic N) is 1. The van der Waals surface area contributed by atoms with E-state index in [1.807, 2.05) is 0 Å². The van der Waals surface area contributed by atoms with Crippen LogP contribution in [0.4, 0.5) is 5.82 Å². The minimum atomic E-state index is -1.17. The fourth-order valence-corrected chi connectivity index (χ4v) is 1.85. The number of halogens is 2. The van der Waals surface area contributed by atoms with E-state index in [9.17, 15) is 9.59 Å². The summed E-state index contributed by atoms with van der Waals surface area (Å²) in [4.78, 5) is 22.5. The molecule has 1 aromatic carbocycles. The number of carbonyl (C=O) groups excluding carboxylic acids is 1. The van der Waals surface area contributed by atoms with Gasteiger partial charge in [0.25, 0.3) is 5.91 Å². The zero-order chi connectivity index (χ0) is 14.0. The first-order valence-corrected chi connectivity index (χ1v) is 5.78. The molecule has 1 heterocycles. The maximum absolute atomic E-state index is 11.9. The molecule has 0 aliphatic heterocycles. The van der Waals surface area contributed by atoms with E-state index < -0.39 is 11.9 Å². The van der Waals surface area contributed by atoms with Gasteiger partial charge in [-0.25, -0.2) is 4.79 Å². The minimum absolute atomic E-state index is 0.0911. The van der Waals surface area contributed by atoms with Gasteiger partial charge in [0.15, 0.2) is 5.82 Å². The zero-order valence-electron chi connectivity index (χ0n) is 9.28. The molecule has 0 unspecified atom stereocenters. The average molecular weight is 300 g/mol. The molecule has 8 heteroatoms. The van der Waals surface area contributed by atoms with Crippen molar-refractivity contribution < 1.29 is 14.7 Å². The summed E-state index contributed by atoms with van der Waals surface area (Å²) in [5.41, 5.74) is 0.0865. The van der Waals surface area contributed by atoms with E-state index in [-0.39, 0.29) is 22.1 Å². The Labute approximate surface area is 117 Å². The number of carboxylic acids is 1. The van der Waals surface area contributed by atoms with Crippen molar-refractivity contribution >= 4 is 40.9 Å². The highest BCUT2D eigenvalue weighted by atomic mass is 35.5. The number of rotatable bonds is 3. The number of benzene rings is 1. The Morgan fingerprint density at radius 2 is 2.00 bits per heavy atom. The van der Waals surface area contributed by atoms with E-state index in [4.69, 9.17) is 28.3 Å². The van der Waals surface area contributed by atoms with E-state index in [1.54, 1.807) is 0 Å². The summed E-state index contributed by atoms with van der Waals surface area (Å²) in [6, 6.07) is 5.62. The van der Waals surface area contributed by atoms with Crippen LogP contribution in [0.1, 0.15) is 20.8 Å². The average Bonchev–Trinajstić information content (AvgIpc) is 2.77. The van der Waals surface area contributed by atoms with Crippen molar-refractivity contribution in [3.63, 3.8) is 0 Å². The van der Waals surface area contributed by atoms with E-state index in [2.05, 4.69) is 15.5 Å². The molecule has 0 aliphatic rings. The Balaban J connectivity index is 2.18. The number of H-pyrrole nitrogens is 1. The SMILES string of the molecule is O=C(O)c1cc(NC(=O)c2ccc(Cl)cc2Cl)n[nH]1. The third kappa shape index (κ3) is 3.04. The second kappa shape index (κ2) is 5.29. The molecular weight excluding hydrogens is 293 g/mol. The number of hydrogen-bond acceptors (Lipinski definition) is 3. The first-order chi connectivity index (χ1) is 8.97. The van der Waals surface area contributed by atoms with Crippen LogP contribution in [0.3, 0.4) is 0 Å². The Bertz CT molecular complexity index is 654. The molecule has 0 radical (unpaired) electrons. The largest absolute Gasteiger partial charge is 0.477 e. The summed E-state index contributed by atoms with van der Waals surface area (Å²) in [7, 11) is 0. The van der Waals surface area contributed by atoms with E-state index in [0.717, 1.165) is 0 Å². The van der Waals surface area contributed by atoms with E-state index in [1.165, 1.54) is 24.3 Å². The number of aromatic carboxylic acids is 1. The Morgan fingerprint density at radius 3 is 2.58 bits per heavy atom. The van der Waals surface area contributed by atoms with E-state index in [0.29, 0.717) is 5.02 Å². The molecule has 98 valence electrons. The molecule has 1 aromatic heterocycles. The molecule has 2 rings (SSSR count). The topological polar surface area (TPSA) is 95.1 Å². The molecule has 3 N–H and O–H groups in total. The van der Waals surface area contributed by atoms with Gasteiger partial charge in [-0.1, -0.05) is 23.2 Å². The lowest BCUT2D eigenvalue weighted by atomic mass is 10.2. The van der Waals surface area contributed by atoms with E-state index >= 15 is 0 Å². The van der Waals surface area contributed by atoms with Gasteiger partial charge < -0.3 is 10.4 Å². The fourth-order valence-electron chi connectivity index (χ4n) is 1.35. The van der Waals surface area contributed by atoms with Crippen molar-refractivity contribution in [2.24, 2.45) is 0 Å². The molecule has 0 bridgehead atoms. The van der Waals surface area contributed by atoms with Crippen LogP contribution in [0.25, 0.3) is 0 Å². The highest BCUT2D eigenvalue weighted by Crippen LogP contribution is 2.21. The number of amides is 1. The molecule has 0 saturated carbocycles. The second-order valence-electron chi connectivity index (χ2n) is 3.55. The van der Waals surface area contributed by atoms with Gasteiger partial charge in [-0.3, -0.25) is 9.89 Å². The minimum Gasteiger partial charge on any atom is -0.477 e. The Hall–Kier alpha value is -2.05. The molecular formula is C11H7Cl2N3O3. The molecule has 6 nitrogen and oxygen atoms in total. The lowest BCUT2D eigenvalue weighted by Crippen LogP contribution is -2.12. The molecule has 0 atom stereocenters. The molecule has 0 aliphatic carbocycles. The van der Waals surface area contributed by atoms with Crippen LogP contribution in [0.15, 0.2) is 24.3 Å². The van der Waals surface area contributed by atoms with Crippen molar-refractivity contribution in [2.45, 2.75) is 0 Å². The summed E-state index contributed by atoms with van der Waals surface area (Å²) in [5, 5.41) is 17.6. The van der Waals surface area contributed by atoms with Crippen molar-refractivity contribution in [3.05, 3.63) is 45.6 Å². The molecule has 0 saturated heterocycles. The molecule has 0 spiro atoms. The van der Waals surface area contributed by atoms with Gasteiger partial charge in [0.05, 0.1) is 10.6 Å².